The smallest absolute Gasteiger partial charge is 0.272 e. The SMILES string of the molecule is Cc1nccc(CNC(=O)c2n[nH]c3ccc(N)cc23)n1. The summed E-state index contributed by atoms with van der Waals surface area (Å²) in [6.07, 6.45) is 1.66. The Kier molecular flexibility index (Phi) is 3.23. The van der Waals surface area contributed by atoms with Crippen LogP contribution in [0.2, 0.25) is 0 Å². The van der Waals surface area contributed by atoms with Crippen molar-refractivity contribution in [3.8, 4) is 0 Å². The highest BCUT2D eigenvalue weighted by Crippen LogP contribution is 2.18. The summed E-state index contributed by atoms with van der Waals surface area (Å²) in [5, 5.41) is 10.3. The van der Waals surface area contributed by atoms with Gasteiger partial charge in [-0.05, 0) is 31.2 Å². The van der Waals surface area contributed by atoms with Crippen LogP contribution in [0.3, 0.4) is 0 Å². The molecule has 0 spiro atoms. The van der Waals surface area contributed by atoms with Gasteiger partial charge < -0.3 is 11.1 Å². The number of hydrogen-bond donors (Lipinski definition) is 3. The molecular weight excluding hydrogens is 268 g/mol. The Bertz CT molecular complexity index is 810. The summed E-state index contributed by atoms with van der Waals surface area (Å²) < 4.78 is 0. The number of nitrogens with zero attached hydrogens (tertiary/aromatic N) is 3. The Morgan fingerprint density at radius 1 is 1.38 bits per heavy atom. The van der Waals surface area contributed by atoms with Crippen molar-refractivity contribution in [2.75, 3.05) is 5.73 Å². The van der Waals surface area contributed by atoms with Crippen LogP contribution in [0.1, 0.15) is 22.0 Å². The summed E-state index contributed by atoms with van der Waals surface area (Å²) >= 11 is 0. The zero-order valence-corrected chi connectivity index (χ0v) is 11.4. The number of nitrogens with one attached hydrogen (secondary N) is 2. The second-order valence-corrected chi connectivity index (χ2v) is 4.66. The van der Waals surface area contributed by atoms with Gasteiger partial charge in [0, 0.05) is 17.3 Å². The highest BCUT2D eigenvalue weighted by Gasteiger charge is 2.14. The molecule has 7 heteroatoms. The maximum Gasteiger partial charge on any atom is 0.272 e. The van der Waals surface area contributed by atoms with Crippen molar-refractivity contribution < 1.29 is 4.79 Å². The van der Waals surface area contributed by atoms with Crippen LogP contribution < -0.4 is 11.1 Å². The third-order valence-corrected chi connectivity index (χ3v) is 3.07. The van der Waals surface area contributed by atoms with Crippen LogP contribution in [0.5, 0.6) is 0 Å². The lowest BCUT2D eigenvalue weighted by Crippen LogP contribution is -2.24. The Morgan fingerprint density at radius 3 is 3.05 bits per heavy atom. The van der Waals surface area contributed by atoms with E-state index in [1.165, 1.54) is 0 Å². The molecular formula is C14H14N6O. The van der Waals surface area contributed by atoms with Gasteiger partial charge in [0.2, 0.25) is 0 Å². The molecule has 7 nitrogen and oxygen atoms in total. The maximum absolute atomic E-state index is 12.2. The Balaban J connectivity index is 1.79. The number of benzene rings is 1. The quantitative estimate of drug-likeness (QED) is 0.625. The number of H-pyrrole nitrogens is 1. The maximum atomic E-state index is 12.2. The fourth-order valence-electron chi connectivity index (χ4n) is 2.06. The topological polar surface area (TPSA) is 110 Å². The van der Waals surface area contributed by atoms with Crippen LogP contribution in [0, 0.1) is 6.92 Å². The minimum absolute atomic E-state index is 0.275. The van der Waals surface area contributed by atoms with Crippen LogP contribution in [0.4, 0.5) is 5.69 Å². The zero-order chi connectivity index (χ0) is 14.8. The standard InChI is InChI=1S/C14H14N6O/c1-8-16-5-4-10(18-8)7-17-14(21)13-11-6-9(15)2-3-12(11)19-20-13/h2-6H,7,15H2,1H3,(H,17,21)(H,19,20). The van der Waals surface area contributed by atoms with E-state index in [1.54, 1.807) is 37.4 Å². The Morgan fingerprint density at radius 2 is 2.24 bits per heavy atom. The Hall–Kier alpha value is -2.96. The largest absolute Gasteiger partial charge is 0.399 e. The summed E-state index contributed by atoms with van der Waals surface area (Å²) in [5.74, 6) is 0.392. The first-order chi connectivity index (χ1) is 10.1. The van der Waals surface area contributed by atoms with E-state index in [4.69, 9.17) is 5.73 Å². The van der Waals surface area contributed by atoms with Crippen LogP contribution in [-0.2, 0) is 6.54 Å². The van der Waals surface area contributed by atoms with E-state index >= 15 is 0 Å². The molecule has 4 N–H and O–H groups in total. The molecule has 3 rings (SSSR count). The second kappa shape index (κ2) is 5.20. The van der Waals surface area contributed by atoms with Gasteiger partial charge in [0.25, 0.3) is 5.91 Å². The molecule has 0 aliphatic heterocycles. The molecule has 0 aliphatic carbocycles. The number of nitrogens with two attached hydrogens (primary N) is 1. The lowest BCUT2D eigenvalue weighted by Gasteiger charge is -2.03. The van der Waals surface area contributed by atoms with Crippen molar-refractivity contribution in [3.63, 3.8) is 0 Å². The minimum Gasteiger partial charge on any atom is -0.399 e. The number of rotatable bonds is 3. The summed E-state index contributed by atoms with van der Waals surface area (Å²) in [6.45, 7) is 2.12. The van der Waals surface area contributed by atoms with Crippen LogP contribution in [0.15, 0.2) is 30.5 Å². The average Bonchev–Trinajstić information content (AvgIpc) is 2.88. The molecule has 0 bridgehead atoms. The number of carbonyl (C=O) groups is 1. The molecule has 0 saturated carbocycles. The fourth-order valence-corrected chi connectivity index (χ4v) is 2.06. The van der Waals surface area contributed by atoms with Crippen molar-refractivity contribution in [3.05, 3.63) is 47.7 Å². The van der Waals surface area contributed by atoms with E-state index < -0.39 is 0 Å². The molecule has 3 aromatic rings. The zero-order valence-electron chi connectivity index (χ0n) is 11.4. The molecule has 2 aromatic heterocycles. The molecule has 106 valence electrons. The number of aromatic amines is 1. The first-order valence-electron chi connectivity index (χ1n) is 6.44. The van der Waals surface area contributed by atoms with Gasteiger partial charge in [0.1, 0.15) is 5.82 Å². The number of hydrogen-bond acceptors (Lipinski definition) is 5. The third-order valence-electron chi connectivity index (χ3n) is 3.07. The number of aromatic nitrogens is 4. The van der Waals surface area contributed by atoms with Crippen molar-refractivity contribution in [1.29, 1.82) is 0 Å². The average molecular weight is 282 g/mol. The van der Waals surface area contributed by atoms with E-state index in [2.05, 4.69) is 25.5 Å². The van der Waals surface area contributed by atoms with Gasteiger partial charge in [0.05, 0.1) is 17.8 Å². The molecule has 0 aliphatic rings. The molecule has 2 heterocycles. The lowest BCUT2D eigenvalue weighted by molar-refractivity contribution is 0.0947. The fraction of sp³-hybridized carbons (Fsp3) is 0.143. The van der Waals surface area contributed by atoms with Gasteiger partial charge >= 0.3 is 0 Å². The highest BCUT2D eigenvalue weighted by atomic mass is 16.1. The lowest BCUT2D eigenvalue weighted by atomic mass is 10.2. The molecule has 0 atom stereocenters. The van der Waals surface area contributed by atoms with Crippen LogP contribution in [0.25, 0.3) is 10.9 Å². The van der Waals surface area contributed by atoms with Crippen molar-refractivity contribution >= 4 is 22.5 Å². The highest BCUT2D eigenvalue weighted by molar-refractivity contribution is 6.05. The molecule has 1 amide bonds. The number of anilines is 1. The van der Waals surface area contributed by atoms with E-state index in [1.807, 2.05) is 0 Å². The van der Waals surface area contributed by atoms with Crippen molar-refractivity contribution in [2.24, 2.45) is 0 Å². The van der Waals surface area contributed by atoms with Gasteiger partial charge in [-0.15, -0.1) is 0 Å². The van der Waals surface area contributed by atoms with Crippen LogP contribution >= 0.6 is 0 Å². The molecule has 0 unspecified atom stereocenters. The molecule has 0 fully saturated rings. The summed E-state index contributed by atoms with van der Waals surface area (Å²) in [4.78, 5) is 20.5. The third kappa shape index (κ3) is 2.66. The van der Waals surface area contributed by atoms with Gasteiger partial charge in [0.15, 0.2) is 5.69 Å². The first kappa shape index (κ1) is 13.0. The molecule has 21 heavy (non-hydrogen) atoms. The van der Waals surface area contributed by atoms with Gasteiger partial charge in [-0.2, -0.15) is 5.10 Å². The number of nitrogen functional groups attached to an aromatic ring is 1. The van der Waals surface area contributed by atoms with Crippen molar-refractivity contribution in [2.45, 2.75) is 13.5 Å². The Labute approximate surface area is 120 Å². The predicted octanol–water partition coefficient (Wildman–Crippen LogP) is 1.17. The number of aryl methyl sites for hydroxylation is 1. The number of carbonyl (C=O) groups excluding carboxylic acids is 1. The first-order valence-corrected chi connectivity index (χ1v) is 6.44. The number of amides is 1. The molecule has 0 saturated heterocycles. The summed E-state index contributed by atoms with van der Waals surface area (Å²) in [5.41, 5.74) is 8.17. The van der Waals surface area contributed by atoms with Gasteiger partial charge in [-0.3, -0.25) is 9.89 Å². The van der Waals surface area contributed by atoms with Gasteiger partial charge in [-0.25, -0.2) is 9.97 Å². The normalized spacial score (nSPS) is 10.7. The monoisotopic (exact) mass is 282 g/mol. The van der Waals surface area contributed by atoms with E-state index in [0.29, 0.717) is 29.1 Å². The van der Waals surface area contributed by atoms with E-state index in [-0.39, 0.29) is 5.91 Å². The minimum atomic E-state index is -0.275. The molecule has 1 aromatic carbocycles. The van der Waals surface area contributed by atoms with E-state index in [0.717, 1.165) is 11.2 Å². The summed E-state index contributed by atoms with van der Waals surface area (Å²) in [7, 11) is 0. The van der Waals surface area contributed by atoms with E-state index in [9.17, 15) is 4.79 Å². The predicted molar refractivity (Wildman–Crippen MR) is 78.4 cm³/mol. The number of fused-ring (bicyclic) bond motifs is 1. The summed E-state index contributed by atoms with van der Waals surface area (Å²) in [6, 6.07) is 7.03. The molecule has 0 radical (unpaired) electrons. The van der Waals surface area contributed by atoms with Crippen LogP contribution in [-0.4, -0.2) is 26.1 Å². The second-order valence-electron chi connectivity index (χ2n) is 4.66. The van der Waals surface area contributed by atoms with Crippen molar-refractivity contribution in [1.82, 2.24) is 25.5 Å². The van der Waals surface area contributed by atoms with Gasteiger partial charge in [-0.1, -0.05) is 0 Å².